The number of benzene rings is 10. The summed E-state index contributed by atoms with van der Waals surface area (Å²) in [6, 6.07) is 75.6. The Bertz CT molecular complexity index is 4340. The lowest BCUT2D eigenvalue weighted by molar-refractivity contribution is 0.799. The van der Waals surface area contributed by atoms with Crippen LogP contribution in [0.2, 0.25) is 0 Å². The van der Waals surface area contributed by atoms with Crippen molar-refractivity contribution in [3.8, 4) is 22.3 Å². The summed E-state index contributed by atoms with van der Waals surface area (Å²) < 4.78 is 0. The zero-order valence-electron chi connectivity index (χ0n) is 41.4. The first-order chi connectivity index (χ1) is 36.0. The fourth-order valence-corrected chi connectivity index (χ4v) is 11.7. The van der Waals surface area contributed by atoms with Crippen molar-refractivity contribution in [2.75, 3.05) is 4.90 Å². The molecule has 0 bridgehead atoms. The Morgan fingerprint density at radius 1 is 0.507 bits per heavy atom. The van der Waals surface area contributed by atoms with E-state index >= 15 is 0 Å². The average molecular weight is 934 g/mol. The molecule has 12 rings (SSSR count). The van der Waals surface area contributed by atoms with Gasteiger partial charge < -0.3 is 4.90 Å². The number of anilines is 3. The summed E-state index contributed by atoms with van der Waals surface area (Å²) >= 11 is 0. The SMILES string of the molecule is C=C/C=c1/c(-c2ccc(N(c3ccccc3)c3ccc4c(c3)=C(c3ccc5ccccc5c3)C3=CC=CCC3C=4C(=C)/C=c3/cccc/c3=C/C)cc2)c2ccccc2c(-c2ccc3ccccc3c2)/c1=C/C. The van der Waals surface area contributed by atoms with E-state index in [1.54, 1.807) is 0 Å². The number of para-hydroxylation sites is 1. The maximum atomic E-state index is 4.85. The highest BCUT2D eigenvalue weighted by atomic mass is 15.1. The van der Waals surface area contributed by atoms with Crippen molar-refractivity contribution >= 4 is 84.8 Å². The van der Waals surface area contributed by atoms with Crippen LogP contribution in [-0.2, 0) is 0 Å². The van der Waals surface area contributed by atoms with Gasteiger partial charge in [-0.3, -0.25) is 0 Å². The molecule has 1 heteroatoms. The molecule has 0 heterocycles. The molecule has 10 aromatic carbocycles. The third-order valence-corrected chi connectivity index (χ3v) is 15.0. The smallest absolute Gasteiger partial charge is 0.0468 e. The summed E-state index contributed by atoms with van der Waals surface area (Å²) in [4.78, 5) is 2.40. The van der Waals surface area contributed by atoms with Crippen LogP contribution in [0.1, 0.15) is 25.8 Å². The lowest BCUT2D eigenvalue weighted by Crippen LogP contribution is -2.38. The van der Waals surface area contributed by atoms with E-state index in [2.05, 4.69) is 274 Å². The van der Waals surface area contributed by atoms with Crippen LogP contribution in [0.25, 0.3) is 90.0 Å². The zero-order chi connectivity index (χ0) is 49.4. The first kappa shape index (κ1) is 45.1. The van der Waals surface area contributed by atoms with Crippen molar-refractivity contribution < 1.29 is 0 Å². The third kappa shape index (κ3) is 8.10. The molecule has 0 saturated heterocycles. The van der Waals surface area contributed by atoms with E-state index in [-0.39, 0.29) is 5.92 Å². The van der Waals surface area contributed by atoms with Crippen molar-refractivity contribution in [1.29, 1.82) is 0 Å². The lowest BCUT2D eigenvalue weighted by Gasteiger charge is -2.32. The second-order valence-electron chi connectivity index (χ2n) is 19.1. The van der Waals surface area contributed by atoms with Crippen LogP contribution in [-0.4, -0.2) is 0 Å². The van der Waals surface area contributed by atoms with Crippen molar-refractivity contribution in [1.82, 2.24) is 0 Å². The second kappa shape index (κ2) is 19.3. The monoisotopic (exact) mass is 933 g/mol. The van der Waals surface area contributed by atoms with Crippen molar-refractivity contribution in [2.24, 2.45) is 5.92 Å². The molecule has 2 aliphatic carbocycles. The average Bonchev–Trinajstić information content (AvgIpc) is 3.44. The van der Waals surface area contributed by atoms with Gasteiger partial charge in [0.25, 0.3) is 0 Å². The summed E-state index contributed by atoms with van der Waals surface area (Å²) in [5.41, 5.74) is 14.1. The highest BCUT2D eigenvalue weighted by Crippen LogP contribution is 2.42. The normalized spacial score (nSPS) is 15.2. The molecule has 0 saturated carbocycles. The second-order valence-corrected chi connectivity index (χ2v) is 19.1. The van der Waals surface area contributed by atoms with Crippen LogP contribution in [0.15, 0.2) is 255 Å². The van der Waals surface area contributed by atoms with Crippen molar-refractivity contribution in [3.63, 3.8) is 0 Å². The Morgan fingerprint density at radius 2 is 1.08 bits per heavy atom. The summed E-state index contributed by atoms with van der Waals surface area (Å²) in [6.45, 7) is 13.3. The standard InChI is InChI=1S/C72H55N/c1-5-21-62-61(7-3)71(56-36-34-50-23-12-15-26-54(50)45-56)66-33-20-19-32-65(66)70(62)52-38-40-59(41-39-52)73(58-28-9-8-10-29-58)60-42-43-67-68(47-60)72(57-37-35-51-24-13-16-27-55(51)46-57)64-31-18-17-30-63(64)69(67)48(4)44-53-25-14-11-22-49(53)6-2/h5-29,31-47,63H,1,4,30H2,2-3H3/b49-6-,53-44-,61-7+,62-21+. The molecule has 10 aromatic rings. The summed E-state index contributed by atoms with van der Waals surface area (Å²) in [7, 11) is 0. The minimum absolute atomic E-state index is 0.149. The largest absolute Gasteiger partial charge is 0.310 e. The molecule has 0 amide bonds. The third-order valence-electron chi connectivity index (χ3n) is 15.0. The van der Waals surface area contributed by atoms with Crippen LogP contribution in [0.4, 0.5) is 17.1 Å². The molecule has 348 valence electrons. The van der Waals surface area contributed by atoms with Crippen LogP contribution in [0.3, 0.4) is 0 Å². The molecule has 0 N–H and O–H groups in total. The number of allylic oxidation sites excluding steroid dienone is 6. The predicted molar refractivity (Wildman–Crippen MR) is 315 cm³/mol. The molecular weight excluding hydrogens is 879 g/mol. The Kier molecular flexibility index (Phi) is 11.9. The van der Waals surface area contributed by atoms with Gasteiger partial charge in [-0.05, 0) is 189 Å². The van der Waals surface area contributed by atoms with Gasteiger partial charge in [0.1, 0.15) is 0 Å². The molecule has 0 aliphatic heterocycles. The van der Waals surface area contributed by atoms with Gasteiger partial charge >= 0.3 is 0 Å². The van der Waals surface area contributed by atoms with E-state index in [9.17, 15) is 0 Å². The molecule has 2 aliphatic rings. The zero-order valence-corrected chi connectivity index (χ0v) is 41.4. The number of fused-ring (bicyclic) bond motifs is 5. The van der Waals surface area contributed by atoms with Gasteiger partial charge in [0.05, 0.1) is 0 Å². The van der Waals surface area contributed by atoms with Crippen LogP contribution in [0.5, 0.6) is 0 Å². The topological polar surface area (TPSA) is 3.24 Å². The van der Waals surface area contributed by atoms with Gasteiger partial charge in [-0.15, -0.1) is 0 Å². The number of nitrogens with zero attached hydrogens (tertiary/aromatic N) is 1. The molecule has 1 atom stereocenters. The highest BCUT2D eigenvalue weighted by Gasteiger charge is 2.30. The molecule has 0 aromatic heterocycles. The van der Waals surface area contributed by atoms with E-state index in [0.717, 1.165) is 39.8 Å². The minimum atomic E-state index is 0.149. The first-order valence-corrected chi connectivity index (χ1v) is 25.5. The molecule has 0 spiro atoms. The first-order valence-electron chi connectivity index (χ1n) is 25.5. The van der Waals surface area contributed by atoms with E-state index in [0.29, 0.717) is 0 Å². The molecule has 0 radical (unpaired) electrons. The summed E-state index contributed by atoms with van der Waals surface area (Å²) in [5, 5.41) is 14.5. The fourth-order valence-electron chi connectivity index (χ4n) is 11.7. The maximum Gasteiger partial charge on any atom is 0.0468 e. The molecular formula is C72H55N. The Morgan fingerprint density at radius 3 is 1.77 bits per heavy atom. The number of hydrogen-bond acceptors (Lipinski definition) is 1. The fraction of sp³-hybridized carbons (Fsp3) is 0.0556. The molecule has 1 nitrogen and oxygen atoms in total. The van der Waals surface area contributed by atoms with Crippen LogP contribution in [0, 0.1) is 5.92 Å². The molecule has 73 heavy (non-hydrogen) atoms. The van der Waals surface area contributed by atoms with Crippen molar-refractivity contribution in [2.45, 2.75) is 20.3 Å². The van der Waals surface area contributed by atoms with Gasteiger partial charge in [0, 0.05) is 23.0 Å². The Labute approximate surface area is 427 Å². The quantitative estimate of drug-likeness (QED) is 0.139. The van der Waals surface area contributed by atoms with E-state index in [4.69, 9.17) is 6.58 Å². The predicted octanol–water partition coefficient (Wildman–Crippen LogP) is 14.4. The van der Waals surface area contributed by atoms with Gasteiger partial charge in [-0.25, -0.2) is 0 Å². The maximum absolute atomic E-state index is 4.85. The number of rotatable bonds is 9. The minimum Gasteiger partial charge on any atom is -0.310 e. The van der Waals surface area contributed by atoms with Gasteiger partial charge in [0.15, 0.2) is 0 Å². The molecule has 0 fully saturated rings. The van der Waals surface area contributed by atoms with Gasteiger partial charge in [0.2, 0.25) is 0 Å². The molecule has 1 unspecified atom stereocenters. The summed E-state index contributed by atoms with van der Waals surface area (Å²) in [6.07, 6.45) is 18.7. The Balaban J connectivity index is 1.08. The highest BCUT2D eigenvalue weighted by molar-refractivity contribution is 6.07. The lowest BCUT2D eigenvalue weighted by atomic mass is 9.72. The van der Waals surface area contributed by atoms with Crippen LogP contribution >= 0.6 is 0 Å². The van der Waals surface area contributed by atoms with Crippen LogP contribution < -0.4 is 36.2 Å². The number of hydrogen-bond donors (Lipinski definition) is 0. The van der Waals surface area contributed by atoms with E-state index < -0.39 is 0 Å². The van der Waals surface area contributed by atoms with E-state index in [1.807, 2.05) is 6.08 Å². The van der Waals surface area contributed by atoms with Gasteiger partial charge in [-0.1, -0.05) is 213 Å². The van der Waals surface area contributed by atoms with Gasteiger partial charge in [-0.2, -0.15) is 0 Å². The summed E-state index contributed by atoms with van der Waals surface area (Å²) in [5.74, 6) is 0.149. The van der Waals surface area contributed by atoms with E-state index in [1.165, 1.54) is 97.4 Å². The van der Waals surface area contributed by atoms with Crippen molar-refractivity contribution in [3.05, 3.63) is 292 Å². The Hall–Kier alpha value is -9.04.